The van der Waals surface area contributed by atoms with E-state index < -0.39 is 0 Å². The summed E-state index contributed by atoms with van der Waals surface area (Å²) in [7, 11) is 0. The number of amides is 1. The van der Waals surface area contributed by atoms with Crippen molar-refractivity contribution in [3.05, 3.63) is 77.0 Å². The van der Waals surface area contributed by atoms with Crippen LogP contribution in [0.5, 0.6) is 0 Å². The number of rotatable bonds is 7. The number of ether oxygens (including phenoxy) is 1. The van der Waals surface area contributed by atoms with Crippen LogP contribution in [0.3, 0.4) is 0 Å². The number of carbonyl (C=O) groups excluding carboxylic acids is 1. The summed E-state index contributed by atoms with van der Waals surface area (Å²) in [5, 5.41) is 4.87. The minimum atomic E-state index is 0.0384. The topological polar surface area (TPSA) is 63.7 Å². The van der Waals surface area contributed by atoms with Crippen molar-refractivity contribution in [1.82, 2.24) is 19.6 Å². The van der Waals surface area contributed by atoms with Gasteiger partial charge in [0.25, 0.3) is 5.91 Å². The fourth-order valence-electron chi connectivity index (χ4n) is 4.67. The van der Waals surface area contributed by atoms with Crippen LogP contribution in [0.25, 0.3) is 0 Å². The zero-order chi connectivity index (χ0) is 21.8. The lowest BCUT2D eigenvalue weighted by molar-refractivity contribution is 0.0297. The molecular formula is C25H30N4O3. The molecule has 0 bridgehead atoms. The number of aromatic nitrogens is 2. The average Bonchev–Trinajstić information content (AvgIpc) is 3.48. The van der Waals surface area contributed by atoms with Crippen molar-refractivity contribution in [1.29, 1.82) is 0 Å². The molecule has 4 heterocycles. The Kier molecular flexibility index (Phi) is 6.36. The summed E-state index contributed by atoms with van der Waals surface area (Å²) >= 11 is 0. The number of morpholine rings is 1. The highest BCUT2D eigenvalue weighted by Gasteiger charge is 2.31. The summed E-state index contributed by atoms with van der Waals surface area (Å²) in [5.41, 5.74) is 5.43. The highest BCUT2D eigenvalue weighted by atomic mass is 16.5. The molecule has 1 saturated heterocycles. The van der Waals surface area contributed by atoms with Gasteiger partial charge in [0, 0.05) is 62.5 Å². The maximum absolute atomic E-state index is 13.4. The fourth-order valence-corrected chi connectivity index (χ4v) is 4.67. The van der Waals surface area contributed by atoms with Gasteiger partial charge in [-0.1, -0.05) is 30.3 Å². The Bertz CT molecular complexity index is 1020. The maximum Gasteiger partial charge on any atom is 0.274 e. The van der Waals surface area contributed by atoms with E-state index in [2.05, 4.69) is 33.8 Å². The number of carbonyl (C=O) groups is 1. The Balaban J connectivity index is 1.35. The van der Waals surface area contributed by atoms with Gasteiger partial charge in [0.1, 0.15) is 0 Å². The van der Waals surface area contributed by atoms with E-state index in [1.54, 1.807) is 12.5 Å². The van der Waals surface area contributed by atoms with Gasteiger partial charge in [-0.2, -0.15) is 5.10 Å². The minimum absolute atomic E-state index is 0.0384. The second-order valence-electron chi connectivity index (χ2n) is 8.58. The van der Waals surface area contributed by atoms with E-state index in [-0.39, 0.29) is 5.91 Å². The summed E-state index contributed by atoms with van der Waals surface area (Å²) < 4.78 is 12.8. The third-order valence-corrected chi connectivity index (χ3v) is 6.38. The van der Waals surface area contributed by atoms with Gasteiger partial charge in [0.15, 0.2) is 5.69 Å². The molecule has 0 aliphatic carbocycles. The van der Waals surface area contributed by atoms with Crippen LogP contribution in [0.4, 0.5) is 0 Å². The smallest absolute Gasteiger partial charge is 0.274 e. The van der Waals surface area contributed by atoms with Gasteiger partial charge in [-0.25, -0.2) is 0 Å². The van der Waals surface area contributed by atoms with Crippen LogP contribution < -0.4 is 0 Å². The standard InChI is InChI=1S/C25H30N4O3/c30-25(28-12-15-31-16-13-28)24-22-18-27(17-21-9-14-32-19-21)11-8-23(22)29(26-24)10-4-7-20-5-2-1-3-6-20/h1-3,5-6,9,14,19H,4,7-8,10-13,15-18H2. The number of aryl methyl sites for hydroxylation is 2. The Labute approximate surface area is 188 Å². The summed E-state index contributed by atoms with van der Waals surface area (Å²) in [4.78, 5) is 17.6. The zero-order valence-corrected chi connectivity index (χ0v) is 18.4. The third kappa shape index (κ3) is 4.64. The van der Waals surface area contributed by atoms with Crippen molar-refractivity contribution < 1.29 is 13.9 Å². The molecule has 5 rings (SSSR count). The molecule has 7 heteroatoms. The molecular weight excluding hydrogens is 404 g/mol. The molecule has 1 amide bonds. The summed E-state index contributed by atoms with van der Waals surface area (Å²) in [5.74, 6) is 0.0384. The number of hydrogen-bond acceptors (Lipinski definition) is 5. The number of hydrogen-bond donors (Lipinski definition) is 0. The molecule has 3 aromatic rings. The largest absolute Gasteiger partial charge is 0.472 e. The quantitative estimate of drug-likeness (QED) is 0.572. The van der Waals surface area contributed by atoms with E-state index in [1.807, 2.05) is 17.0 Å². The van der Waals surface area contributed by atoms with Crippen LogP contribution in [0.15, 0.2) is 53.3 Å². The van der Waals surface area contributed by atoms with Crippen LogP contribution in [0.1, 0.15) is 39.3 Å². The third-order valence-electron chi connectivity index (χ3n) is 6.38. The molecule has 32 heavy (non-hydrogen) atoms. The van der Waals surface area contributed by atoms with Crippen LogP contribution in [-0.2, 0) is 37.2 Å². The molecule has 0 radical (unpaired) electrons. The lowest BCUT2D eigenvalue weighted by Gasteiger charge is -2.29. The second-order valence-corrected chi connectivity index (χ2v) is 8.58. The number of benzene rings is 1. The molecule has 168 valence electrons. The van der Waals surface area contributed by atoms with Gasteiger partial charge in [-0.05, 0) is 24.5 Å². The van der Waals surface area contributed by atoms with E-state index in [9.17, 15) is 4.79 Å². The van der Waals surface area contributed by atoms with E-state index >= 15 is 0 Å². The van der Waals surface area contributed by atoms with E-state index in [1.165, 1.54) is 11.3 Å². The van der Waals surface area contributed by atoms with Crippen molar-refractivity contribution >= 4 is 5.91 Å². The summed E-state index contributed by atoms with van der Waals surface area (Å²) in [6.07, 6.45) is 6.42. The first-order valence-electron chi connectivity index (χ1n) is 11.5. The van der Waals surface area contributed by atoms with Crippen molar-refractivity contribution in [2.24, 2.45) is 0 Å². The highest BCUT2D eigenvalue weighted by molar-refractivity contribution is 5.94. The lowest BCUT2D eigenvalue weighted by atomic mass is 10.0. The number of fused-ring (bicyclic) bond motifs is 1. The molecule has 0 unspecified atom stereocenters. The molecule has 0 saturated carbocycles. The Morgan fingerprint density at radius 2 is 1.88 bits per heavy atom. The van der Waals surface area contributed by atoms with Gasteiger partial charge in [0.2, 0.25) is 0 Å². The van der Waals surface area contributed by atoms with Crippen molar-refractivity contribution in [2.45, 2.75) is 38.9 Å². The van der Waals surface area contributed by atoms with E-state index in [0.717, 1.165) is 56.6 Å². The second kappa shape index (κ2) is 9.71. The predicted octanol–water partition coefficient (Wildman–Crippen LogP) is 3.14. The van der Waals surface area contributed by atoms with Gasteiger partial charge in [-0.3, -0.25) is 14.4 Å². The highest BCUT2D eigenvalue weighted by Crippen LogP contribution is 2.26. The normalized spacial score (nSPS) is 16.8. The zero-order valence-electron chi connectivity index (χ0n) is 18.4. The summed E-state index contributed by atoms with van der Waals surface area (Å²) in [6.45, 7) is 5.80. The van der Waals surface area contributed by atoms with Crippen molar-refractivity contribution in [2.75, 3.05) is 32.8 Å². The number of nitrogens with zero attached hydrogens (tertiary/aromatic N) is 4. The van der Waals surface area contributed by atoms with Gasteiger partial charge in [-0.15, -0.1) is 0 Å². The van der Waals surface area contributed by atoms with Crippen molar-refractivity contribution in [3.8, 4) is 0 Å². The fraction of sp³-hybridized carbons (Fsp3) is 0.440. The molecule has 0 atom stereocenters. The SMILES string of the molecule is O=C(c1nn(CCCc2ccccc2)c2c1CN(Cc1ccoc1)CC2)N1CCOCC1. The molecule has 0 spiro atoms. The monoisotopic (exact) mass is 434 g/mol. The molecule has 2 aliphatic heterocycles. The molecule has 0 N–H and O–H groups in total. The van der Waals surface area contributed by atoms with Crippen LogP contribution in [-0.4, -0.2) is 58.3 Å². The van der Waals surface area contributed by atoms with E-state index in [4.69, 9.17) is 14.3 Å². The predicted molar refractivity (Wildman–Crippen MR) is 120 cm³/mol. The molecule has 2 aromatic heterocycles. The van der Waals surface area contributed by atoms with Gasteiger partial charge < -0.3 is 14.1 Å². The average molecular weight is 435 g/mol. The Morgan fingerprint density at radius 1 is 1.03 bits per heavy atom. The molecule has 2 aliphatic rings. The van der Waals surface area contributed by atoms with E-state index in [0.29, 0.717) is 32.0 Å². The van der Waals surface area contributed by atoms with Gasteiger partial charge >= 0.3 is 0 Å². The summed E-state index contributed by atoms with van der Waals surface area (Å²) in [6, 6.07) is 12.5. The first-order valence-corrected chi connectivity index (χ1v) is 11.5. The maximum atomic E-state index is 13.4. The number of furan rings is 1. The first kappa shape index (κ1) is 21.0. The van der Waals surface area contributed by atoms with Gasteiger partial charge in [0.05, 0.1) is 25.7 Å². The van der Waals surface area contributed by atoms with Crippen LogP contribution >= 0.6 is 0 Å². The lowest BCUT2D eigenvalue weighted by Crippen LogP contribution is -2.41. The Morgan fingerprint density at radius 3 is 2.66 bits per heavy atom. The Hall–Kier alpha value is -2.90. The minimum Gasteiger partial charge on any atom is -0.472 e. The molecule has 1 fully saturated rings. The molecule has 1 aromatic carbocycles. The molecule has 7 nitrogen and oxygen atoms in total. The first-order chi connectivity index (χ1) is 15.8. The van der Waals surface area contributed by atoms with Crippen molar-refractivity contribution in [3.63, 3.8) is 0 Å². The van der Waals surface area contributed by atoms with Crippen LogP contribution in [0, 0.1) is 0 Å². The van der Waals surface area contributed by atoms with Crippen LogP contribution in [0.2, 0.25) is 0 Å².